The van der Waals surface area contributed by atoms with Crippen molar-refractivity contribution in [3.05, 3.63) is 22.7 Å². The van der Waals surface area contributed by atoms with Crippen LogP contribution in [0.1, 0.15) is 18.0 Å². The van der Waals surface area contributed by atoms with Crippen LogP contribution in [0.3, 0.4) is 0 Å². The molecular weight excluding hydrogens is 278 g/mol. The number of carbonyl (C=O) groups is 1. The van der Waals surface area contributed by atoms with E-state index in [2.05, 4.69) is 10.2 Å². The molecule has 5 nitrogen and oxygen atoms in total. The maximum Gasteiger partial charge on any atom is 0.245 e. The highest BCUT2D eigenvalue weighted by molar-refractivity contribution is 6.33. The second-order valence-corrected chi connectivity index (χ2v) is 5.82. The van der Waals surface area contributed by atoms with E-state index in [1.165, 1.54) is 0 Å². The van der Waals surface area contributed by atoms with E-state index in [0.717, 1.165) is 43.1 Å². The smallest absolute Gasteiger partial charge is 0.245 e. The van der Waals surface area contributed by atoms with Gasteiger partial charge in [-0.25, -0.2) is 0 Å². The van der Waals surface area contributed by atoms with Gasteiger partial charge in [0.05, 0.1) is 17.3 Å². The number of rotatable bonds is 3. The Morgan fingerprint density at radius 3 is 3.10 bits per heavy atom. The molecule has 2 aliphatic rings. The number of hydrogen-bond acceptors (Lipinski definition) is 4. The summed E-state index contributed by atoms with van der Waals surface area (Å²) in [6, 6.07) is 3.12. The standard InChI is InChI=1S/C14H18ClN3O2/c1-20-7-8-2-3-18(6-8)12-5-11-9(4-10(12)15)13(16)14(19)17-11/h4-5,8,13H,2-3,6-7,16H2,1H3,(H,17,19). The summed E-state index contributed by atoms with van der Waals surface area (Å²) in [7, 11) is 1.72. The van der Waals surface area contributed by atoms with Gasteiger partial charge in [-0.05, 0) is 18.6 Å². The summed E-state index contributed by atoms with van der Waals surface area (Å²) in [5.74, 6) is 0.355. The van der Waals surface area contributed by atoms with Gasteiger partial charge < -0.3 is 20.7 Å². The number of anilines is 2. The molecule has 0 spiro atoms. The Labute approximate surface area is 123 Å². The lowest BCUT2D eigenvalue weighted by atomic mass is 10.1. The average molecular weight is 296 g/mol. The fourth-order valence-corrected chi connectivity index (χ4v) is 3.25. The van der Waals surface area contributed by atoms with Gasteiger partial charge in [0.25, 0.3) is 0 Å². The van der Waals surface area contributed by atoms with E-state index in [9.17, 15) is 4.79 Å². The second kappa shape index (κ2) is 5.24. The van der Waals surface area contributed by atoms with Crippen molar-refractivity contribution in [3.63, 3.8) is 0 Å². The summed E-state index contributed by atoms with van der Waals surface area (Å²) in [6.07, 6.45) is 1.09. The Morgan fingerprint density at radius 2 is 2.35 bits per heavy atom. The summed E-state index contributed by atoms with van der Waals surface area (Å²) < 4.78 is 5.21. The van der Waals surface area contributed by atoms with E-state index >= 15 is 0 Å². The minimum Gasteiger partial charge on any atom is -0.384 e. The van der Waals surface area contributed by atoms with Crippen LogP contribution in [-0.2, 0) is 9.53 Å². The van der Waals surface area contributed by atoms with Crippen molar-refractivity contribution < 1.29 is 9.53 Å². The molecule has 1 saturated heterocycles. The number of nitrogens with one attached hydrogen (secondary N) is 1. The highest BCUT2D eigenvalue weighted by Gasteiger charge is 2.30. The Bertz CT molecular complexity index is 549. The van der Waals surface area contributed by atoms with Crippen LogP contribution in [0, 0.1) is 5.92 Å². The molecule has 1 fully saturated rings. The van der Waals surface area contributed by atoms with Crippen LogP contribution < -0.4 is 16.0 Å². The van der Waals surface area contributed by atoms with Gasteiger partial charge in [0.2, 0.25) is 5.91 Å². The van der Waals surface area contributed by atoms with Crippen LogP contribution in [-0.4, -0.2) is 32.7 Å². The van der Waals surface area contributed by atoms with E-state index in [1.807, 2.05) is 6.07 Å². The predicted octanol–water partition coefficient (Wildman–Crippen LogP) is 1.76. The molecule has 0 aromatic heterocycles. The van der Waals surface area contributed by atoms with Crippen LogP contribution in [0.5, 0.6) is 0 Å². The number of nitrogens with zero attached hydrogens (tertiary/aromatic N) is 1. The number of halogens is 1. The lowest BCUT2D eigenvalue weighted by Crippen LogP contribution is -2.21. The fraction of sp³-hybridized carbons (Fsp3) is 0.500. The van der Waals surface area contributed by atoms with Gasteiger partial charge in [-0.15, -0.1) is 0 Å². The monoisotopic (exact) mass is 295 g/mol. The van der Waals surface area contributed by atoms with Gasteiger partial charge in [-0.1, -0.05) is 11.6 Å². The first-order chi connectivity index (χ1) is 9.60. The van der Waals surface area contributed by atoms with E-state index < -0.39 is 6.04 Å². The van der Waals surface area contributed by atoms with Crippen LogP contribution in [0.15, 0.2) is 12.1 Å². The molecule has 1 amide bonds. The highest BCUT2D eigenvalue weighted by Crippen LogP contribution is 2.39. The third-order valence-electron chi connectivity index (χ3n) is 4.02. The molecule has 1 aromatic carbocycles. The fourth-order valence-electron chi connectivity index (χ4n) is 2.96. The molecule has 0 radical (unpaired) electrons. The molecule has 2 heterocycles. The number of hydrogen-bond donors (Lipinski definition) is 2. The van der Waals surface area contributed by atoms with E-state index in [1.54, 1.807) is 13.2 Å². The maximum absolute atomic E-state index is 11.6. The molecule has 6 heteroatoms. The van der Waals surface area contributed by atoms with Gasteiger partial charge in [-0.2, -0.15) is 0 Å². The number of amides is 1. The Kier molecular flexibility index (Phi) is 3.58. The zero-order valence-electron chi connectivity index (χ0n) is 11.4. The first kappa shape index (κ1) is 13.7. The molecule has 0 saturated carbocycles. The van der Waals surface area contributed by atoms with Crippen molar-refractivity contribution in [1.29, 1.82) is 0 Å². The highest BCUT2D eigenvalue weighted by atomic mass is 35.5. The minimum atomic E-state index is -0.614. The first-order valence-electron chi connectivity index (χ1n) is 6.74. The Morgan fingerprint density at radius 1 is 1.55 bits per heavy atom. The van der Waals surface area contributed by atoms with Gasteiger partial charge in [0.15, 0.2) is 0 Å². The zero-order chi connectivity index (χ0) is 14.3. The molecular formula is C14H18ClN3O2. The third-order valence-corrected chi connectivity index (χ3v) is 4.33. The van der Waals surface area contributed by atoms with Crippen molar-refractivity contribution in [3.8, 4) is 0 Å². The number of methoxy groups -OCH3 is 1. The van der Waals surface area contributed by atoms with Crippen LogP contribution >= 0.6 is 11.6 Å². The SMILES string of the molecule is COCC1CCN(c2cc3c(cc2Cl)C(N)C(=O)N3)C1. The van der Waals surface area contributed by atoms with Crippen molar-refractivity contribution in [2.45, 2.75) is 12.5 Å². The second-order valence-electron chi connectivity index (χ2n) is 5.41. The molecule has 3 rings (SSSR count). The lowest BCUT2D eigenvalue weighted by molar-refractivity contribution is -0.116. The molecule has 0 aliphatic carbocycles. The van der Waals surface area contributed by atoms with Gasteiger partial charge >= 0.3 is 0 Å². The number of ether oxygens (including phenoxy) is 1. The quantitative estimate of drug-likeness (QED) is 0.892. The van der Waals surface area contributed by atoms with Crippen molar-refractivity contribution in [1.82, 2.24) is 0 Å². The van der Waals surface area contributed by atoms with E-state index in [4.69, 9.17) is 22.1 Å². The molecule has 2 unspecified atom stereocenters. The lowest BCUT2D eigenvalue weighted by Gasteiger charge is -2.21. The van der Waals surface area contributed by atoms with Crippen LogP contribution in [0.4, 0.5) is 11.4 Å². The maximum atomic E-state index is 11.6. The summed E-state index contributed by atoms with van der Waals surface area (Å²) in [5.41, 5.74) is 8.33. The number of nitrogens with two attached hydrogens (primary N) is 1. The molecule has 0 bridgehead atoms. The molecule has 3 N–H and O–H groups in total. The molecule has 20 heavy (non-hydrogen) atoms. The van der Waals surface area contributed by atoms with Gasteiger partial charge in [-0.3, -0.25) is 4.79 Å². The number of benzene rings is 1. The summed E-state index contributed by atoms with van der Waals surface area (Å²) in [6.45, 7) is 2.64. The largest absolute Gasteiger partial charge is 0.384 e. The van der Waals surface area contributed by atoms with Gasteiger partial charge in [0, 0.05) is 37.4 Å². The predicted molar refractivity (Wildman–Crippen MR) is 79.2 cm³/mol. The topological polar surface area (TPSA) is 67.6 Å². The summed E-state index contributed by atoms with van der Waals surface area (Å²) >= 11 is 6.36. The van der Waals surface area contributed by atoms with Crippen molar-refractivity contribution in [2.75, 3.05) is 37.0 Å². The summed E-state index contributed by atoms with van der Waals surface area (Å²) in [4.78, 5) is 13.8. The summed E-state index contributed by atoms with van der Waals surface area (Å²) in [5, 5.41) is 3.45. The zero-order valence-corrected chi connectivity index (χ0v) is 12.1. The Hall–Kier alpha value is -1.30. The number of fused-ring (bicyclic) bond motifs is 1. The Balaban J connectivity index is 1.86. The van der Waals surface area contributed by atoms with E-state index in [0.29, 0.717) is 10.9 Å². The van der Waals surface area contributed by atoms with Crippen LogP contribution in [0.2, 0.25) is 5.02 Å². The molecule has 108 valence electrons. The molecule has 1 aromatic rings. The molecule has 2 atom stereocenters. The third kappa shape index (κ3) is 2.26. The first-order valence-corrected chi connectivity index (χ1v) is 7.11. The average Bonchev–Trinajstić information content (AvgIpc) is 2.97. The normalized spacial score (nSPS) is 24.9. The number of carbonyl (C=O) groups excluding carboxylic acids is 1. The van der Waals surface area contributed by atoms with Crippen LogP contribution in [0.25, 0.3) is 0 Å². The molecule has 2 aliphatic heterocycles. The van der Waals surface area contributed by atoms with E-state index in [-0.39, 0.29) is 5.91 Å². The van der Waals surface area contributed by atoms with Crippen molar-refractivity contribution >= 4 is 28.9 Å². The van der Waals surface area contributed by atoms with Gasteiger partial charge in [0.1, 0.15) is 6.04 Å². The minimum absolute atomic E-state index is 0.174. The van der Waals surface area contributed by atoms with Crippen molar-refractivity contribution in [2.24, 2.45) is 11.7 Å².